The smallest absolute Gasteiger partial charge is 0.247 e. The highest BCUT2D eigenvalue weighted by Crippen LogP contribution is 2.20. The predicted molar refractivity (Wildman–Crippen MR) is 180 cm³/mol. The molecule has 0 unspecified atom stereocenters. The lowest BCUT2D eigenvalue weighted by Crippen LogP contribution is -2.49. The molecule has 49 heavy (non-hydrogen) atoms. The van der Waals surface area contributed by atoms with Crippen LogP contribution in [-0.4, -0.2) is 92.3 Å². The summed E-state index contributed by atoms with van der Waals surface area (Å²) >= 11 is 0. The first-order valence-electron chi connectivity index (χ1n) is 16.5. The van der Waals surface area contributed by atoms with Crippen molar-refractivity contribution in [3.63, 3.8) is 0 Å². The molecule has 14 nitrogen and oxygen atoms in total. The van der Waals surface area contributed by atoms with E-state index in [0.29, 0.717) is 49.2 Å². The van der Waals surface area contributed by atoms with Gasteiger partial charge in [0.1, 0.15) is 12.1 Å². The summed E-state index contributed by atoms with van der Waals surface area (Å²) in [6.45, 7) is 1.82. The number of nitrogens with zero attached hydrogens (tertiary/aromatic N) is 1. The van der Waals surface area contributed by atoms with Crippen LogP contribution in [0, 0.1) is 5.92 Å². The third-order valence-corrected chi connectivity index (χ3v) is 8.28. The second kappa shape index (κ2) is 19.1. The lowest BCUT2D eigenvalue weighted by atomic mass is 9.95. The molecular formula is C35H45N7O7. The fraction of sp³-hybridized carbons (Fsp3) is 0.429. The predicted octanol–water partition coefficient (Wildman–Crippen LogP) is -0.406. The molecule has 2 bridgehead atoms. The molecule has 2 aromatic rings. The van der Waals surface area contributed by atoms with E-state index in [0.717, 1.165) is 12.2 Å². The summed E-state index contributed by atoms with van der Waals surface area (Å²) in [6, 6.07) is 14.0. The fourth-order valence-electron chi connectivity index (χ4n) is 5.68. The van der Waals surface area contributed by atoms with Gasteiger partial charge in [-0.3, -0.25) is 28.8 Å². The Labute approximate surface area is 285 Å². The maximum Gasteiger partial charge on any atom is 0.247 e. The van der Waals surface area contributed by atoms with Crippen LogP contribution < -0.4 is 32.3 Å². The number of ether oxygens (including phenoxy) is 1. The topological polar surface area (TPSA) is 201 Å². The molecule has 3 atom stereocenters. The molecule has 2 aliphatic rings. The second-order valence-electron chi connectivity index (χ2n) is 11.9. The highest BCUT2D eigenvalue weighted by atomic mass is 16.5. The van der Waals surface area contributed by atoms with Gasteiger partial charge in [-0.2, -0.15) is 0 Å². The van der Waals surface area contributed by atoms with E-state index in [1.165, 1.54) is 4.90 Å². The first-order chi connectivity index (χ1) is 23.7. The number of carbonyl (C=O) groups is 6. The van der Waals surface area contributed by atoms with Crippen LogP contribution >= 0.6 is 0 Å². The van der Waals surface area contributed by atoms with Crippen LogP contribution in [0.1, 0.15) is 42.0 Å². The number of hydrogen-bond donors (Lipinski definition) is 6. The van der Waals surface area contributed by atoms with Crippen molar-refractivity contribution in [2.24, 2.45) is 11.7 Å². The number of hydrogen-bond acceptors (Lipinski definition) is 8. The van der Waals surface area contributed by atoms with Gasteiger partial charge in [-0.25, -0.2) is 0 Å². The van der Waals surface area contributed by atoms with E-state index < -0.39 is 47.5 Å². The van der Waals surface area contributed by atoms with Crippen molar-refractivity contribution in [3.05, 3.63) is 83.4 Å². The molecule has 0 aliphatic carbocycles. The summed E-state index contributed by atoms with van der Waals surface area (Å²) in [7, 11) is 0. The fourth-order valence-corrected chi connectivity index (χ4v) is 5.68. The van der Waals surface area contributed by atoms with Gasteiger partial charge in [-0.05, 0) is 36.0 Å². The quantitative estimate of drug-likeness (QED) is 0.213. The van der Waals surface area contributed by atoms with Gasteiger partial charge in [0.25, 0.3) is 0 Å². The summed E-state index contributed by atoms with van der Waals surface area (Å²) in [5.74, 6) is -3.21. The molecule has 1 fully saturated rings. The molecule has 2 aromatic carbocycles. The van der Waals surface area contributed by atoms with E-state index in [1.54, 1.807) is 48.5 Å². The zero-order chi connectivity index (χ0) is 35.0. The summed E-state index contributed by atoms with van der Waals surface area (Å²) in [5, 5.41) is 13.9. The average molecular weight is 676 g/mol. The van der Waals surface area contributed by atoms with Gasteiger partial charge in [-0.15, -0.1) is 0 Å². The molecule has 6 amide bonds. The number of fused-ring (bicyclic) bond motifs is 3. The molecule has 262 valence electrons. The molecule has 7 N–H and O–H groups in total. The number of rotatable bonds is 7. The van der Waals surface area contributed by atoms with Gasteiger partial charge in [0, 0.05) is 51.4 Å². The molecule has 2 aliphatic heterocycles. The first-order valence-corrected chi connectivity index (χ1v) is 16.5. The van der Waals surface area contributed by atoms with Gasteiger partial charge >= 0.3 is 0 Å². The van der Waals surface area contributed by atoms with Crippen molar-refractivity contribution < 1.29 is 33.5 Å². The number of benzene rings is 2. The third kappa shape index (κ3) is 11.5. The molecule has 0 aromatic heterocycles. The lowest BCUT2D eigenvalue weighted by Gasteiger charge is -2.32. The van der Waals surface area contributed by atoms with Crippen LogP contribution in [0.5, 0.6) is 0 Å². The molecule has 4 rings (SSSR count). The van der Waals surface area contributed by atoms with E-state index in [-0.39, 0.29) is 51.5 Å². The Kier molecular flexibility index (Phi) is 14.3. The van der Waals surface area contributed by atoms with Crippen LogP contribution in [0.2, 0.25) is 0 Å². The Morgan fingerprint density at radius 1 is 0.878 bits per heavy atom. The number of piperidine rings is 1. The zero-order valence-corrected chi connectivity index (χ0v) is 27.5. The molecule has 0 saturated carbocycles. The second-order valence-corrected chi connectivity index (χ2v) is 11.9. The van der Waals surface area contributed by atoms with Gasteiger partial charge in [0.2, 0.25) is 35.4 Å². The van der Waals surface area contributed by atoms with Crippen LogP contribution in [0.3, 0.4) is 0 Å². The van der Waals surface area contributed by atoms with Crippen molar-refractivity contribution in [1.82, 2.24) is 31.5 Å². The van der Waals surface area contributed by atoms with Crippen molar-refractivity contribution in [2.45, 2.75) is 44.3 Å². The molecular weight excluding hydrogens is 630 g/mol. The lowest BCUT2D eigenvalue weighted by molar-refractivity contribution is -0.135. The minimum Gasteiger partial charge on any atom is -0.378 e. The van der Waals surface area contributed by atoms with Crippen molar-refractivity contribution in [2.75, 3.05) is 45.9 Å². The molecule has 0 spiro atoms. The van der Waals surface area contributed by atoms with Gasteiger partial charge in [-0.1, -0.05) is 54.6 Å². The highest BCUT2D eigenvalue weighted by Gasteiger charge is 2.31. The van der Waals surface area contributed by atoms with Crippen LogP contribution in [0.25, 0.3) is 0 Å². The minimum absolute atomic E-state index is 0.0383. The van der Waals surface area contributed by atoms with Gasteiger partial charge < -0.3 is 42.0 Å². The van der Waals surface area contributed by atoms with Crippen LogP contribution in [-0.2, 0) is 46.5 Å². The summed E-state index contributed by atoms with van der Waals surface area (Å²) in [4.78, 5) is 80.4. The maximum atomic E-state index is 13.6. The van der Waals surface area contributed by atoms with Crippen LogP contribution in [0.4, 0.5) is 0 Å². The SMILES string of the molecule is NCCOCCNC(=O)[C@@H]1CCNC(=O)/C=C/C(=O)N2CCC[C@H](C2)C(=O)N[C@@H](c2ccccc2)C(=O)NCc2ccccc2CC(=O)N1. The molecule has 1 saturated heterocycles. The number of nitrogens with one attached hydrogen (secondary N) is 5. The minimum atomic E-state index is -1.00. The largest absolute Gasteiger partial charge is 0.378 e. The Morgan fingerprint density at radius 3 is 2.41 bits per heavy atom. The summed E-state index contributed by atoms with van der Waals surface area (Å²) in [6.07, 6.45) is 3.37. The average Bonchev–Trinajstić information content (AvgIpc) is 3.11. The normalized spacial score (nSPS) is 22.2. The number of nitrogens with two attached hydrogens (primary N) is 1. The number of carbonyl (C=O) groups excluding carboxylic acids is 6. The monoisotopic (exact) mass is 675 g/mol. The Hall–Kier alpha value is -5.08. The zero-order valence-electron chi connectivity index (χ0n) is 27.5. The molecule has 2 heterocycles. The van der Waals surface area contributed by atoms with E-state index in [9.17, 15) is 28.8 Å². The van der Waals surface area contributed by atoms with E-state index in [2.05, 4.69) is 26.6 Å². The van der Waals surface area contributed by atoms with Crippen LogP contribution in [0.15, 0.2) is 66.7 Å². The van der Waals surface area contributed by atoms with Crippen molar-refractivity contribution in [3.8, 4) is 0 Å². The summed E-state index contributed by atoms with van der Waals surface area (Å²) < 4.78 is 5.31. The van der Waals surface area contributed by atoms with Crippen molar-refractivity contribution in [1.29, 1.82) is 0 Å². The standard InChI is InChI=1S/C35H45N7O7/c36-15-19-49-20-17-38-34(47)28-14-16-37-29(43)12-13-31(45)42-18-6-11-27(23-42)33(46)41-32(24-7-2-1-3-8-24)35(48)39-22-26-10-5-4-9-25(26)21-30(44)40-28/h1-5,7-10,12-13,27-28,32H,6,11,14-23,36H2,(H,37,43)(H,38,47)(H,39,48)(H,40,44)(H,41,46)/b13-12+/t27-,28+,32+/m1/s1. The Bertz CT molecular complexity index is 1500. The van der Waals surface area contributed by atoms with Crippen molar-refractivity contribution >= 4 is 35.4 Å². The maximum absolute atomic E-state index is 13.6. The van der Waals surface area contributed by atoms with Gasteiger partial charge in [0.05, 0.1) is 25.6 Å². The van der Waals surface area contributed by atoms with E-state index >= 15 is 0 Å². The Morgan fingerprint density at radius 2 is 1.63 bits per heavy atom. The summed E-state index contributed by atoms with van der Waals surface area (Å²) in [5.41, 5.74) is 7.34. The van der Waals surface area contributed by atoms with E-state index in [4.69, 9.17) is 10.5 Å². The highest BCUT2D eigenvalue weighted by molar-refractivity contribution is 5.97. The van der Waals surface area contributed by atoms with Gasteiger partial charge in [0.15, 0.2) is 0 Å². The third-order valence-electron chi connectivity index (χ3n) is 8.28. The van der Waals surface area contributed by atoms with E-state index in [1.807, 2.05) is 6.07 Å². The number of amides is 6. The molecule has 0 radical (unpaired) electrons. The Balaban J connectivity index is 1.57. The first kappa shape index (κ1) is 36.8. The molecule has 14 heteroatoms.